The number of rotatable bonds is 2. The molecular weight excluding hydrogens is 222 g/mol. The molecule has 0 atom stereocenters. The second-order valence-corrected chi connectivity index (χ2v) is 4.60. The van der Waals surface area contributed by atoms with Gasteiger partial charge in [0.1, 0.15) is 6.07 Å². The Morgan fingerprint density at radius 3 is 2.44 bits per heavy atom. The van der Waals surface area contributed by atoms with Gasteiger partial charge in [0.2, 0.25) is 0 Å². The van der Waals surface area contributed by atoms with Crippen LogP contribution in [0, 0.1) is 11.3 Å². The molecule has 1 aromatic carbocycles. The van der Waals surface area contributed by atoms with Crippen LogP contribution in [0.1, 0.15) is 18.4 Å². The minimum absolute atomic E-state index is 0.767. The minimum Gasteiger partial charge on any atom is -0.370 e. The van der Waals surface area contributed by atoms with Gasteiger partial charge in [-0.15, -0.1) is 0 Å². The van der Waals surface area contributed by atoms with E-state index in [1.165, 1.54) is 12.8 Å². The predicted molar refractivity (Wildman–Crippen MR) is 71.9 cm³/mol. The zero-order valence-corrected chi connectivity index (χ0v) is 10.2. The van der Waals surface area contributed by atoms with Crippen LogP contribution >= 0.6 is 0 Å². The zero-order valence-electron chi connectivity index (χ0n) is 10.2. The van der Waals surface area contributed by atoms with Gasteiger partial charge >= 0.3 is 0 Å². The molecule has 0 radical (unpaired) electrons. The number of benzene rings is 1. The van der Waals surface area contributed by atoms with Crippen molar-refractivity contribution in [3.8, 4) is 11.8 Å². The van der Waals surface area contributed by atoms with E-state index in [-0.39, 0.29) is 0 Å². The first kappa shape index (κ1) is 10.9. The minimum atomic E-state index is 0.767. The fourth-order valence-electron chi connectivity index (χ4n) is 2.51. The summed E-state index contributed by atoms with van der Waals surface area (Å²) >= 11 is 0. The van der Waals surface area contributed by atoms with Crippen LogP contribution in [-0.4, -0.2) is 17.7 Å². The molecule has 2 heterocycles. The van der Waals surface area contributed by atoms with E-state index >= 15 is 0 Å². The Morgan fingerprint density at radius 1 is 1.06 bits per heavy atom. The molecule has 1 fully saturated rings. The van der Waals surface area contributed by atoms with E-state index < -0.39 is 0 Å². The number of hydrogen-bond acceptors (Lipinski definition) is 2. The predicted octanol–water partition coefficient (Wildman–Crippen LogP) is 2.95. The van der Waals surface area contributed by atoms with Gasteiger partial charge in [0.25, 0.3) is 0 Å². The van der Waals surface area contributed by atoms with Gasteiger partial charge in [-0.3, -0.25) is 0 Å². The average Bonchev–Trinajstić information content (AvgIpc) is 3.11. The van der Waals surface area contributed by atoms with Crippen LogP contribution in [0.4, 0.5) is 5.69 Å². The molecule has 3 nitrogen and oxygen atoms in total. The second-order valence-electron chi connectivity index (χ2n) is 4.60. The quantitative estimate of drug-likeness (QED) is 0.804. The molecule has 18 heavy (non-hydrogen) atoms. The van der Waals surface area contributed by atoms with Gasteiger partial charge in [0, 0.05) is 31.2 Å². The van der Waals surface area contributed by atoms with Crippen LogP contribution in [-0.2, 0) is 0 Å². The van der Waals surface area contributed by atoms with Crippen LogP contribution in [0.15, 0.2) is 42.7 Å². The Kier molecular flexibility index (Phi) is 2.77. The topological polar surface area (TPSA) is 32.0 Å². The van der Waals surface area contributed by atoms with E-state index in [2.05, 4.69) is 23.1 Å². The first-order valence-electron chi connectivity index (χ1n) is 6.31. The molecule has 1 saturated heterocycles. The highest BCUT2D eigenvalue weighted by atomic mass is 15.1. The first-order valence-corrected chi connectivity index (χ1v) is 6.31. The van der Waals surface area contributed by atoms with Crippen molar-refractivity contribution in [2.75, 3.05) is 18.0 Å². The van der Waals surface area contributed by atoms with Crippen molar-refractivity contribution < 1.29 is 0 Å². The van der Waals surface area contributed by atoms with Gasteiger partial charge < -0.3 is 9.47 Å². The van der Waals surface area contributed by atoms with Gasteiger partial charge in [0.15, 0.2) is 0 Å². The number of hydrogen-bond donors (Lipinski definition) is 0. The largest absolute Gasteiger partial charge is 0.370 e. The van der Waals surface area contributed by atoms with Gasteiger partial charge in [-0.1, -0.05) is 0 Å². The summed E-state index contributed by atoms with van der Waals surface area (Å²) in [6.07, 6.45) is 6.44. The Hall–Kier alpha value is -2.21. The maximum Gasteiger partial charge on any atom is 0.101 e. The van der Waals surface area contributed by atoms with Crippen molar-refractivity contribution in [2.24, 2.45) is 0 Å². The molecule has 0 amide bonds. The molecule has 0 N–H and O–H groups in total. The summed E-state index contributed by atoms with van der Waals surface area (Å²) in [7, 11) is 0. The van der Waals surface area contributed by atoms with Gasteiger partial charge in [-0.05, 0) is 43.2 Å². The van der Waals surface area contributed by atoms with Crippen molar-refractivity contribution in [1.82, 2.24) is 4.57 Å². The van der Waals surface area contributed by atoms with E-state index in [1.54, 1.807) is 0 Å². The van der Waals surface area contributed by atoms with Crippen LogP contribution in [0.5, 0.6) is 0 Å². The summed E-state index contributed by atoms with van der Waals surface area (Å²) in [5.41, 5.74) is 2.88. The summed E-state index contributed by atoms with van der Waals surface area (Å²) in [5.74, 6) is 0. The average molecular weight is 237 g/mol. The lowest BCUT2D eigenvalue weighted by atomic mass is 10.1. The highest BCUT2D eigenvalue weighted by Crippen LogP contribution is 2.26. The Labute approximate surface area is 107 Å². The molecule has 0 unspecified atom stereocenters. The molecule has 90 valence electrons. The lowest BCUT2D eigenvalue weighted by molar-refractivity contribution is 0.949. The lowest BCUT2D eigenvalue weighted by Crippen LogP contribution is -2.18. The molecule has 3 rings (SSSR count). The molecular formula is C15H15N3. The van der Waals surface area contributed by atoms with Crippen molar-refractivity contribution in [1.29, 1.82) is 5.26 Å². The van der Waals surface area contributed by atoms with E-state index in [1.807, 2.05) is 35.2 Å². The van der Waals surface area contributed by atoms with Crippen LogP contribution in [0.2, 0.25) is 0 Å². The lowest BCUT2D eigenvalue weighted by Gasteiger charge is -2.19. The molecule has 0 spiro atoms. The van der Waals surface area contributed by atoms with Crippen LogP contribution in [0.25, 0.3) is 5.69 Å². The highest BCUT2D eigenvalue weighted by molar-refractivity contribution is 5.63. The molecule has 3 heteroatoms. The van der Waals surface area contributed by atoms with E-state index in [4.69, 9.17) is 0 Å². The monoisotopic (exact) mass is 237 g/mol. The summed E-state index contributed by atoms with van der Waals surface area (Å²) < 4.78 is 2.02. The molecule has 1 aliphatic rings. The highest BCUT2D eigenvalue weighted by Gasteiger charge is 2.16. The van der Waals surface area contributed by atoms with E-state index in [9.17, 15) is 5.26 Å². The van der Waals surface area contributed by atoms with Crippen molar-refractivity contribution in [2.45, 2.75) is 12.8 Å². The van der Waals surface area contributed by atoms with Crippen LogP contribution in [0.3, 0.4) is 0 Å². The summed E-state index contributed by atoms with van der Waals surface area (Å²) in [5, 5.41) is 9.31. The fourth-order valence-corrected chi connectivity index (χ4v) is 2.51. The van der Waals surface area contributed by atoms with E-state index in [0.29, 0.717) is 0 Å². The number of nitrogens with zero attached hydrogens (tertiary/aromatic N) is 3. The fraction of sp³-hybridized carbons (Fsp3) is 0.267. The summed E-state index contributed by atoms with van der Waals surface area (Å²) in [4.78, 5) is 2.30. The zero-order chi connectivity index (χ0) is 12.4. The van der Waals surface area contributed by atoms with Crippen molar-refractivity contribution in [3.63, 3.8) is 0 Å². The molecule has 0 saturated carbocycles. The number of aromatic nitrogens is 1. The maximum atomic E-state index is 9.31. The molecule has 0 bridgehead atoms. The Morgan fingerprint density at radius 2 is 1.78 bits per heavy atom. The van der Waals surface area contributed by atoms with Gasteiger partial charge in [-0.25, -0.2) is 0 Å². The smallest absolute Gasteiger partial charge is 0.101 e. The molecule has 1 aliphatic heterocycles. The summed E-state index contributed by atoms with van der Waals surface area (Å²) in [6, 6.07) is 12.4. The third kappa shape index (κ3) is 1.86. The van der Waals surface area contributed by atoms with Gasteiger partial charge in [-0.2, -0.15) is 5.26 Å². The SMILES string of the molecule is N#Cc1cc(-n2cccc2)ccc1N1CCCC1. The van der Waals surface area contributed by atoms with Crippen molar-refractivity contribution >= 4 is 5.69 Å². The van der Waals surface area contributed by atoms with Crippen LogP contribution < -0.4 is 4.90 Å². The van der Waals surface area contributed by atoms with Crippen molar-refractivity contribution in [3.05, 3.63) is 48.3 Å². The van der Waals surface area contributed by atoms with Gasteiger partial charge in [0.05, 0.1) is 11.3 Å². The first-order chi connectivity index (χ1) is 8.88. The standard InChI is InChI=1S/C15H15N3/c16-12-13-11-14(17-7-1-2-8-17)5-6-15(13)18-9-3-4-10-18/h1-2,5-8,11H,3-4,9-10H2. The molecule has 2 aromatic rings. The Bertz CT molecular complexity index is 572. The Balaban J connectivity index is 2.00. The third-order valence-corrected chi connectivity index (χ3v) is 3.45. The normalized spacial score (nSPS) is 14.7. The number of anilines is 1. The maximum absolute atomic E-state index is 9.31. The molecule has 1 aromatic heterocycles. The number of nitriles is 1. The third-order valence-electron chi connectivity index (χ3n) is 3.45. The van der Waals surface area contributed by atoms with E-state index in [0.717, 1.165) is 30.0 Å². The summed E-state index contributed by atoms with van der Waals surface area (Å²) in [6.45, 7) is 2.13. The second kappa shape index (κ2) is 4.58. The molecule has 0 aliphatic carbocycles.